The molecule has 0 aromatic carbocycles. The van der Waals surface area contributed by atoms with E-state index in [4.69, 9.17) is 10.5 Å². The number of ether oxygens (including phenoxy) is 1. The Kier molecular flexibility index (Phi) is 7.90. The Hall–Kier alpha value is -0.280. The van der Waals surface area contributed by atoms with Crippen molar-refractivity contribution >= 4 is 18.4 Å². The van der Waals surface area contributed by atoms with Crippen LogP contribution in [0.1, 0.15) is 38.5 Å². The molecule has 84 valence electrons. The molecule has 2 N–H and O–H groups in total. The first-order valence-electron chi connectivity index (χ1n) is 5.21. The number of carbonyl (C=O) groups is 1. The second kappa shape index (κ2) is 8.06. The molecule has 0 amide bonds. The molecule has 14 heavy (non-hydrogen) atoms. The van der Waals surface area contributed by atoms with Gasteiger partial charge in [-0.3, -0.25) is 4.79 Å². The molecule has 0 aliphatic heterocycles. The third-order valence-electron chi connectivity index (χ3n) is 2.55. The summed E-state index contributed by atoms with van der Waals surface area (Å²) in [5.74, 6) is 0.112. The SMILES string of the molecule is Cl.NCCOC(=O)C1CCCCCC1. The van der Waals surface area contributed by atoms with E-state index in [0.717, 1.165) is 12.8 Å². The molecule has 1 rings (SSSR count). The predicted molar refractivity (Wildman–Crippen MR) is 58.5 cm³/mol. The lowest BCUT2D eigenvalue weighted by molar-refractivity contribution is -0.148. The highest BCUT2D eigenvalue weighted by Gasteiger charge is 2.20. The highest BCUT2D eigenvalue weighted by Crippen LogP contribution is 2.23. The van der Waals surface area contributed by atoms with Gasteiger partial charge in [0.05, 0.1) is 5.92 Å². The maximum Gasteiger partial charge on any atom is 0.308 e. The van der Waals surface area contributed by atoms with Gasteiger partial charge >= 0.3 is 5.97 Å². The van der Waals surface area contributed by atoms with Gasteiger partial charge in [0.15, 0.2) is 0 Å². The van der Waals surface area contributed by atoms with Gasteiger partial charge in [-0.1, -0.05) is 25.7 Å². The quantitative estimate of drug-likeness (QED) is 0.585. The van der Waals surface area contributed by atoms with Crippen molar-refractivity contribution in [3.63, 3.8) is 0 Å². The van der Waals surface area contributed by atoms with Crippen molar-refractivity contribution in [1.82, 2.24) is 0 Å². The third-order valence-corrected chi connectivity index (χ3v) is 2.55. The Labute approximate surface area is 91.8 Å². The molecule has 0 bridgehead atoms. The fourth-order valence-corrected chi connectivity index (χ4v) is 1.79. The number of hydrogen-bond acceptors (Lipinski definition) is 3. The van der Waals surface area contributed by atoms with Gasteiger partial charge in [0, 0.05) is 6.54 Å². The molecule has 4 heteroatoms. The normalized spacial score (nSPS) is 18.1. The Morgan fingerprint density at radius 3 is 2.29 bits per heavy atom. The number of rotatable bonds is 3. The van der Waals surface area contributed by atoms with Crippen LogP contribution in [0.5, 0.6) is 0 Å². The summed E-state index contributed by atoms with van der Waals surface area (Å²) < 4.78 is 5.02. The smallest absolute Gasteiger partial charge is 0.308 e. The highest BCUT2D eigenvalue weighted by atomic mass is 35.5. The van der Waals surface area contributed by atoms with Gasteiger partial charge in [-0.15, -0.1) is 12.4 Å². The van der Waals surface area contributed by atoms with Crippen LogP contribution in [0.4, 0.5) is 0 Å². The van der Waals surface area contributed by atoms with Crippen LogP contribution >= 0.6 is 12.4 Å². The number of hydrogen-bond donors (Lipinski definition) is 1. The van der Waals surface area contributed by atoms with E-state index in [0.29, 0.717) is 13.2 Å². The Morgan fingerprint density at radius 2 is 1.79 bits per heavy atom. The lowest BCUT2D eigenvalue weighted by Gasteiger charge is -2.12. The maximum absolute atomic E-state index is 11.4. The highest BCUT2D eigenvalue weighted by molar-refractivity contribution is 5.85. The number of carbonyl (C=O) groups excluding carboxylic acids is 1. The standard InChI is InChI=1S/C10H19NO2.ClH/c11-7-8-13-10(12)9-5-3-1-2-4-6-9;/h9H,1-8,11H2;1H. The van der Waals surface area contributed by atoms with E-state index in [2.05, 4.69) is 0 Å². The molecule has 0 spiro atoms. The van der Waals surface area contributed by atoms with Crippen molar-refractivity contribution in [1.29, 1.82) is 0 Å². The van der Waals surface area contributed by atoms with Crippen molar-refractivity contribution < 1.29 is 9.53 Å². The molecule has 0 aromatic rings. The zero-order chi connectivity index (χ0) is 9.52. The topological polar surface area (TPSA) is 52.3 Å². The van der Waals surface area contributed by atoms with E-state index in [1.54, 1.807) is 0 Å². The second-order valence-electron chi connectivity index (χ2n) is 3.64. The molecule has 0 atom stereocenters. The van der Waals surface area contributed by atoms with E-state index in [-0.39, 0.29) is 24.3 Å². The van der Waals surface area contributed by atoms with Crippen LogP contribution in [0.15, 0.2) is 0 Å². The van der Waals surface area contributed by atoms with Crippen LogP contribution in [-0.2, 0) is 9.53 Å². The summed E-state index contributed by atoms with van der Waals surface area (Å²) in [7, 11) is 0. The first kappa shape index (κ1) is 13.7. The van der Waals surface area contributed by atoms with E-state index in [1.807, 2.05) is 0 Å². The summed E-state index contributed by atoms with van der Waals surface area (Å²) in [6, 6.07) is 0. The van der Waals surface area contributed by atoms with Crippen molar-refractivity contribution in [2.75, 3.05) is 13.2 Å². The van der Waals surface area contributed by atoms with Crippen molar-refractivity contribution in [2.45, 2.75) is 38.5 Å². The molecule has 3 nitrogen and oxygen atoms in total. The summed E-state index contributed by atoms with van der Waals surface area (Å²) in [6.45, 7) is 0.799. The molecule has 1 aliphatic rings. The Balaban J connectivity index is 0.00000169. The summed E-state index contributed by atoms with van der Waals surface area (Å²) in [5, 5.41) is 0. The minimum atomic E-state index is -0.0349. The third kappa shape index (κ3) is 4.82. The molecule has 1 aliphatic carbocycles. The predicted octanol–water partition coefficient (Wildman–Crippen LogP) is 1.88. The summed E-state index contributed by atoms with van der Waals surface area (Å²) in [4.78, 5) is 11.4. The van der Waals surface area contributed by atoms with Gasteiger partial charge in [-0.05, 0) is 12.8 Å². The number of halogens is 1. The van der Waals surface area contributed by atoms with Crippen LogP contribution < -0.4 is 5.73 Å². The molecule has 0 unspecified atom stereocenters. The molecule has 1 saturated carbocycles. The maximum atomic E-state index is 11.4. The zero-order valence-corrected chi connectivity index (χ0v) is 9.35. The van der Waals surface area contributed by atoms with E-state index in [9.17, 15) is 4.79 Å². The van der Waals surface area contributed by atoms with Gasteiger partial charge in [-0.25, -0.2) is 0 Å². The minimum absolute atomic E-state index is 0. The van der Waals surface area contributed by atoms with Crippen LogP contribution in [0.2, 0.25) is 0 Å². The van der Waals surface area contributed by atoms with Crippen LogP contribution in [-0.4, -0.2) is 19.1 Å². The van der Waals surface area contributed by atoms with Crippen LogP contribution in [0, 0.1) is 5.92 Å². The lowest BCUT2D eigenvalue weighted by Crippen LogP contribution is -2.20. The summed E-state index contributed by atoms with van der Waals surface area (Å²) in [5.41, 5.74) is 5.26. The van der Waals surface area contributed by atoms with Gasteiger partial charge < -0.3 is 10.5 Å². The van der Waals surface area contributed by atoms with Crippen LogP contribution in [0.25, 0.3) is 0 Å². The zero-order valence-electron chi connectivity index (χ0n) is 8.54. The van der Waals surface area contributed by atoms with Crippen molar-refractivity contribution in [3.8, 4) is 0 Å². The molecular weight excluding hydrogens is 202 g/mol. The number of esters is 1. The first-order valence-corrected chi connectivity index (χ1v) is 5.21. The summed E-state index contributed by atoms with van der Waals surface area (Å²) in [6.07, 6.45) is 6.87. The van der Waals surface area contributed by atoms with Crippen molar-refractivity contribution in [3.05, 3.63) is 0 Å². The second-order valence-corrected chi connectivity index (χ2v) is 3.64. The fraction of sp³-hybridized carbons (Fsp3) is 0.900. The minimum Gasteiger partial charge on any atom is -0.464 e. The van der Waals surface area contributed by atoms with Gasteiger partial charge in [0.1, 0.15) is 6.61 Å². The monoisotopic (exact) mass is 221 g/mol. The van der Waals surface area contributed by atoms with Gasteiger partial charge in [0.2, 0.25) is 0 Å². The van der Waals surface area contributed by atoms with E-state index >= 15 is 0 Å². The summed E-state index contributed by atoms with van der Waals surface area (Å²) >= 11 is 0. The van der Waals surface area contributed by atoms with Crippen molar-refractivity contribution in [2.24, 2.45) is 11.7 Å². The van der Waals surface area contributed by atoms with E-state index < -0.39 is 0 Å². The Bertz CT molecular complexity index is 156. The molecule has 1 fully saturated rings. The fourth-order valence-electron chi connectivity index (χ4n) is 1.79. The first-order chi connectivity index (χ1) is 6.34. The Morgan fingerprint density at radius 1 is 1.21 bits per heavy atom. The molecule has 0 aromatic heterocycles. The largest absolute Gasteiger partial charge is 0.464 e. The average molecular weight is 222 g/mol. The van der Waals surface area contributed by atoms with Gasteiger partial charge in [-0.2, -0.15) is 0 Å². The molecule has 0 radical (unpaired) electrons. The van der Waals surface area contributed by atoms with Crippen LogP contribution in [0.3, 0.4) is 0 Å². The average Bonchev–Trinajstić information content (AvgIpc) is 2.42. The lowest BCUT2D eigenvalue weighted by atomic mass is 10.0. The van der Waals surface area contributed by atoms with E-state index in [1.165, 1.54) is 25.7 Å². The molecule has 0 saturated heterocycles. The number of nitrogens with two attached hydrogens (primary N) is 1. The molecular formula is C10H20ClNO2. The molecule has 0 heterocycles. The van der Waals surface area contributed by atoms with Gasteiger partial charge in [0.25, 0.3) is 0 Å².